The Morgan fingerprint density at radius 2 is 1.63 bits per heavy atom. The van der Waals surface area contributed by atoms with E-state index in [-0.39, 0.29) is 0 Å². The van der Waals surface area contributed by atoms with Gasteiger partial charge in [0.25, 0.3) is 0 Å². The molecular formula is C14H13NO4. The molecule has 0 atom stereocenters. The molecule has 0 amide bonds. The molecule has 5 heteroatoms. The van der Waals surface area contributed by atoms with Crippen LogP contribution in [0.4, 0.5) is 0 Å². The molecule has 0 aliphatic carbocycles. The van der Waals surface area contributed by atoms with Crippen molar-refractivity contribution in [3.05, 3.63) is 53.9 Å². The molecule has 1 aromatic carbocycles. The molecular weight excluding hydrogens is 246 g/mol. The molecule has 0 spiro atoms. The average molecular weight is 259 g/mol. The Morgan fingerprint density at radius 1 is 0.947 bits per heavy atom. The van der Waals surface area contributed by atoms with Crippen LogP contribution in [0.3, 0.4) is 0 Å². The summed E-state index contributed by atoms with van der Waals surface area (Å²) in [5.74, 6) is -0.926. The van der Waals surface area contributed by atoms with E-state index in [1.165, 1.54) is 14.2 Å². The molecule has 0 radical (unpaired) electrons. The lowest BCUT2D eigenvalue weighted by Gasteiger charge is -2.11. The van der Waals surface area contributed by atoms with E-state index in [1.807, 2.05) is 0 Å². The van der Waals surface area contributed by atoms with Crippen molar-refractivity contribution < 1.29 is 19.1 Å². The molecule has 0 unspecified atom stereocenters. The van der Waals surface area contributed by atoms with Gasteiger partial charge in [-0.25, -0.2) is 9.59 Å². The fourth-order valence-corrected chi connectivity index (χ4v) is 1.83. The minimum Gasteiger partial charge on any atom is -0.465 e. The van der Waals surface area contributed by atoms with Gasteiger partial charge < -0.3 is 14.0 Å². The van der Waals surface area contributed by atoms with E-state index >= 15 is 0 Å². The Kier molecular flexibility index (Phi) is 3.66. The first-order chi connectivity index (χ1) is 9.19. The molecule has 98 valence electrons. The van der Waals surface area contributed by atoms with Crippen LogP contribution in [0, 0.1) is 0 Å². The van der Waals surface area contributed by atoms with Crippen LogP contribution in [-0.4, -0.2) is 30.7 Å². The molecule has 0 bridgehead atoms. The van der Waals surface area contributed by atoms with Gasteiger partial charge in [-0.15, -0.1) is 0 Å². The SMILES string of the molecule is COC(=O)c1ccccc1-n1cccc1C(=O)OC. The number of aromatic nitrogens is 1. The van der Waals surface area contributed by atoms with Gasteiger partial charge in [-0.3, -0.25) is 0 Å². The molecule has 2 rings (SSSR count). The number of para-hydroxylation sites is 1. The van der Waals surface area contributed by atoms with Crippen molar-refractivity contribution in [2.24, 2.45) is 0 Å². The lowest BCUT2D eigenvalue weighted by Crippen LogP contribution is -2.12. The summed E-state index contributed by atoms with van der Waals surface area (Å²) in [4.78, 5) is 23.4. The predicted molar refractivity (Wildman–Crippen MR) is 68.4 cm³/mol. The van der Waals surface area contributed by atoms with Crippen LogP contribution in [0.2, 0.25) is 0 Å². The lowest BCUT2D eigenvalue weighted by atomic mass is 10.1. The van der Waals surface area contributed by atoms with Crippen LogP contribution in [0.5, 0.6) is 0 Å². The maximum absolute atomic E-state index is 11.7. The summed E-state index contributed by atoms with van der Waals surface area (Å²) in [6, 6.07) is 10.2. The summed E-state index contributed by atoms with van der Waals surface area (Å²) >= 11 is 0. The maximum Gasteiger partial charge on any atom is 0.355 e. The normalized spacial score (nSPS) is 10.0. The molecule has 0 N–H and O–H groups in total. The number of carbonyl (C=O) groups excluding carboxylic acids is 2. The summed E-state index contributed by atoms with van der Waals surface area (Å²) in [5.41, 5.74) is 1.30. The third-order valence-electron chi connectivity index (χ3n) is 2.71. The van der Waals surface area contributed by atoms with Gasteiger partial charge in [0.1, 0.15) is 5.69 Å². The monoisotopic (exact) mass is 259 g/mol. The van der Waals surface area contributed by atoms with Gasteiger partial charge in [-0.1, -0.05) is 12.1 Å². The zero-order valence-electron chi connectivity index (χ0n) is 10.6. The van der Waals surface area contributed by atoms with Gasteiger partial charge in [0, 0.05) is 6.20 Å². The summed E-state index contributed by atoms with van der Waals surface area (Å²) in [7, 11) is 2.63. The van der Waals surface area contributed by atoms with Gasteiger partial charge in [-0.05, 0) is 24.3 Å². The van der Waals surface area contributed by atoms with Gasteiger partial charge >= 0.3 is 11.9 Å². The van der Waals surface area contributed by atoms with Crippen LogP contribution in [0.15, 0.2) is 42.6 Å². The lowest BCUT2D eigenvalue weighted by molar-refractivity contribution is 0.0581. The first kappa shape index (κ1) is 12.9. The van der Waals surface area contributed by atoms with Gasteiger partial charge in [-0.2, -0.15) is 0 Å². The minimum atomic E-state index is -0.468. The number of carbonyl (C=O) groups is 2. The smallest absolute Gasteiger partial charge is 0.355 e. The van der Waals surface area contributed by atoms with E-state index in [1.54, 1.807) is 47.2 Å². The molecule has 1 aromatic heterocycles. The molecule has 2 aromatic rings. The van der Waals surface area contributed by atoms with Crippen LogP contribution in [-0.2, 0) is 9.47 Å². The fraction of sp³-hybridized carbons (Fsp3) is 0.143. The highest BCUT2D eigenvalue weighted by molar-refractivity contribution is 5.95. The molecule has 5 nitrogen and oxygen atoms in total. The number of ether oxygens (including phenoxy) is 2. The van der Waals surface area contributed by atoms with Crippen molar-refractivity contribution in [3.63, 3.8) is 0 Å². The number of esters is 2. The second-order valence-corrected chi connectivity index (χ2v) is 3.76. The van der Waals surface area contributed by atoms with Crippen molar-refractivity contribution >= 4 is 11.9 Å². The quantitative estimate of drug-likeness (QED) is 0.791. The maximum atomic E-state index is 11.7. The van der Waals surface area contributed by atoms with Gasteiger partial charge in [0.05, 0.1) is 25.5 Å². The number of hydrogen-bond donors (Lipinski definition) is 0. The molecule has 0 fully saturated rings. The van der Waals surface area contributed by atoms with Gasteiger partial charge in [0.2, 0.25) is 0 Å². The van der Waals surface area contributed by atoms with Crippen LogP contribution >= 0.6 is 0 Å². The largest absolute Gasteiger partial charge is 0.465 e. The van der Waals surface area contributed by atoms with E-state index in [0.717, 1.165) is 0 Å². The summed E-state index contributed by atoms with van der Waals surface area (Å²) in [6.45, 7) is 0. The molecule has 0 aliphatic rings. The zero-order chi connectivity index (χ0) is 13.8. The summed E-state index contributed by atoms with van der Waals surface area (Å²) in [6.07, 6.45) is 1.69. The van der Waals surface area contributed by atoms with E-state index in [0.29, 0.717) is 16.9 Å². The Balaban J connectivity index is 2.57. The Hall–Kier alpha value is -2.56. The van der Waals surface area contributed by atoms with E-state index < -0.39 is 11.9 Å². The number of nitrogens with zero attached hydrogens (tertiary/aromatic N) is 1. The van der Waals surface area contributed by atoms with E-state index in [2.05, 4.69) is 0 Å². The third kappa shape index (κ3) is 2.35. The third-order valence-corrected chi connectivity index (χ3v) is 2.71. The van der Waals surface area contributed by atoms with Gasteiger partial charge in [0.15, 0.2) is 0 Å². The van der Waals surface area contributed by atoms with Crippen molar-refractivity contribution in [1.82, 2.24) is 4.57 Å². The fourth-order valence-electron chi connectivity index (χ4n) is 1.83. The highest BCUT2D eigenvalue weighted by Gasteiger charge is 2.17. The molecule has 19 heavy (non-hydrogen) atoms. The zero-order valence-corrected chi connectivity index (χ0v) is 10.6. The van der Waals surface area contributed by atoms with Crippen LogP contribution in [0.1, 0.15) is 20.8 Å². The van der Waals surface area contributed by atoms with Crippen LogP contribution < -0.4 is 0 Å². The first-order valence-corrected chi connectivity index (χ1v) is 5.62. The Labute approximate surface area is 110 Å². The van der Waals surface area contributed by atoms with Crippen molar-refractivity contribution in [3.8, 4) is 5.69 Å². The van der Waals surface area contributed by atoms with Crippen molar-refractivity contribution in [2.45, 2.75) is 0 Å². The Bertz CT molecular complexity index is 615. The second kappa shape index (κ2) is 5.39. The average Bonchev–Trinajstić information content (AvgIpc) is 2.94. The Morgan fingerprint density at radius 3 is 2.32 bits per heavy atom. The summed E-state index contributed by atoms with van der Waals surface area (Å²) < 4.78 is 11.0. The number of benzene rings is 1. The molecule has 0 aliphatic heterocycles. The minimum absolute atomic E-state index is 0.346. The van der Waals surface area contributed by atoms with Crippen molar-refractivity contribution in [1.29, 1.82) is 0 Å². The predicted octanol–water partition coefficient (Wildman–Crippen LogP) is 2.05. The van der Waals surface area contributed by atoms with Crippen molar-refractivity contribution in [2.75, 3.05) is 14.2 Å². The molecule has 1 heterocycles. The number of methoxy groups -OCH3 is 2. The second-order valence-electron chi connectivity index (χ2n) is 3.76. The van der Waals surface area contributed by atoms with Crippen LogP contribution in [0.25, 0.3) is 5.69 Å². The van der Waals surface area contributed by atoms with E-state index in [9.17, 15) is 9.59 Å². The first-order valence-electron chi connectivity index (χ1n) is 5.62. The highest BCUT2D eigenvalue weighted by Crippen LogP contribution is 2.19. The highest BCUT2D eigenvalue weighted by atomic mass is 16.5. The molecule has 0 saturated carbocycles. The molecule has 0 saturated heterocycles. The number of rotatable bonds is 3. The topological polar surface area (TPSA) is 57.5 Å². The summed E-state index contributed by atoms with van der Waals surface area (Å²) in [5, 5.41) is 0. The standard InChI is InChI=1S/C14H13NO4/c1-18-13(16)10-6-3-4-7-11(10)15-9-5-8-12(15)14(17)19-2/h3-9H,1-2H3. The van der Waals surface area contributed by atoms with E-state index in [4.69, 9.17) is 9.47 Å². The number of hydrogen-bond acceptors (Lipinski definition) is 4.